The normalized spacial score (nSPS) is 16.1. The minimum atomic E-state index is -0.170. The summed E-state index contributed by atoms with van der Waals surface area (Å²) >= 11 is 0. The van der Waals surface area contributed by atoms with E-state index in [9.17, 15) is 4.79 Å². The van der Waals surface area contributed by atoms with Crippen LogP contribution in [0.5, 0.6) is 5.75 Å². The Morgan fingerprint density at radius 2 is 1.83 bits per heavy atom. The van der Waals surface area contributed by atoms with E-state index in [-0.39, 0.29) is 6.03 Å². The molecule has 0 saturated heterocycles. The minimum absolute atomic E-state index is 0.170. The van der Waals surface area contributed by atoms with Crippen molar-refractivity contribution < 1.29 is 9.53 Å². The third kappa shape index (κ3) is 3.92. The SMILES string of the molecule is COc1ccc(N2C(=O)N(c3ccc4nn(C)cc4c3)Cc3cnc(NC4CCCC4)nc32)cc1. The lowest BCUT2D eigenvalue weighted by molar-refractivity contribution is 0.252. The predicted octanol–water partition coefficient (Wildman–Crippen LogP) is 5.00. The zero-order valence-electron chi connectivity index (χ0n) is 19.8. The van der Waals surface area contributed by atoms with Gasteiger partial charge in [0, 0.05) is 42.1 Å². The highest BCUT2D eigenvalue weighted by molar-refractivity contribution is 6.10. The smallest absolute Gasteiger partial charge is 0.335 e. The number of nitrogens with zero attached hydrogens (tertiary/aromatic N) is 6. The number of ether oxygens (including phenoxy) is 1. The molecule has 6 rings (SSSR count). The Labute approximate surface area is 203 Å². The van der Waals surface area contributed by atoms with Crippen molar-refractivity contribution in [1.82, 2.24) is 19.7 Å². The van der Waals surface area contributed by atoms with Crippen molar-refractivity contribution in [2.24, 2.45) is 7.05 Å². The van der Waals surface area contributed by atoms with Crippen LogP contribution in [-0.4, -0.2) is 38.9 Å². The average Bonchev–Trinajstić information content (AvgIpc) is 3.52. The van der Waals surface area contributed by atoms with Gasteiger partial charge in [-0.05, 0) is 55.3 Å². The molecule has 1 fully saturated rings. The highest BCUT2D eigenvalue weighted by Crippen LogP contribution is 2.37. The zero-order chi connectivity index (χ0) is 23.9. The summed E-state index contributed by atoms with van der Waals surface area (Å²) in [6.45, 7) is 0.385. The van der Waals surface area contributed by atoms with Crippen LogP contribution in [0, 0.1) is 0 Å². The molecular formula is C26H27N7O2. The molecule has 1 aliphatic heterocycles. The first-order valence-corrected chi connectivity index (χ1v) is 11.9. The Kier molecular flexibility index (Phi) is 5.24. The van der Waals surface area contributed by atoms with Crippen LogP contribution in [0.1, 0.15) is 31.2 Å². The van der Waals surface area contributed by atoms with Gasteiger partial charge in [0.2, 0.25) is 5.95 Å². The molecule has 2 amide bonds. The van der Waals surface area contributed by atoms with Gasteiger partial charge in [-0.2, -0.15) is 10.1 Å². The number of carbonyl (C=O) groups excluding carboxylic acids is 1. The maximum absolute atomic E-state index is 14.0. The molecule has 1 N–H and O–H groups in total. The van der Waals surface area contributed by atoms with E-state index in [1.54, 1.807) is 21.6 Å². The molecule has 0 atom stereocenters. The summed E-state index contributed by atoms with van der Waals surface area (Å²) in [5.41, 5.74) is 3.28. The van der Waals surface area contributed by atoms with E-state index >= 15 is 0 Å². The fraction of sp³-hybridized carbons (Fsp3) is 0.308. The molecule has 9 nitrogen and oxygen atoms in total. The van der Waals surface area contributed by atoms with Gasteiger partial charge in [-0.3, -0.25) is 9.58 Å². The summed E-state index contributed by atoms with van der Waals surface area (Å²) in [6.07, 6.45) is 8.45. The van der Waals surface area contributed by atoms with Crippen LogP contribution < -0.4 is 19.9 Å². The van der Waals surface area contributed by atoms with E-state index in [4.69, 9.17) is 9.72 Å². The van der Waals surface area contributed by atoms with Crippen LogP contribution in [0.3, 0.4) is 0 Å². The van der Waals surface area contributed by atoms with Crippen LogP contribution in [0.2, 0.25) is 0 Å². The maximum atomic E-state index is 14.0. The van der Waals surface area contributed by atoms with Crippen molar-refractivity contribution in [1.29, 1.82) is 0 Å². The molecule has 9 heteroatoms. The second kappa shape index (κ2) is 8.57. The Morgan fingerprint density at radius 3 is 2.60 bits per heavy atom. The van der Waals surface area contributed by atoms with Gasteiger partial charge in [0.1, 0.15) is 5.75 Å². The van der Waals surface area contributed by atoms with Gasteiger partial charge in [-0.1, -0.05) is 12.8 Å². The van der Waals surface area contributed by atoms with Crippen molar-refractivity contribution in [3.8, 4) is 5.75 Å². The summed E-state index contributed by atoms with van der Waals surface area (Å²) in [4.78, 5) is 26.8. The highest BCUT2D eigenvalue weighted by atomic mass is 16.5. The van der Waals surface area contributed by atoms with E-state index < -0.39 is 0 Å². The quantitative estimate of drug-likeness (QED) is 0.442. The molecule has 178 valence electrons. The second-order valence-electron chi connectivity index (χ2n) is 9.12. The summed E-state index contributed by atoms with van der Waals surface area (Å²) in [7, 11) is 3.52. The van der Waals surface area contributed by atoms with E-state index in [1.165, 1.54) is 12.8 Å². The van der Waals surface area contributed by atoms with Crippen LogP contribution in [0.15, 0.2) is 54.9 Å². The molecule has 0 radical (unpaired) electrons. The molecule has 0 unspecified atom stereocenters. The standard InChI is InChI=1S/C26H27N7O2/c1-31-15-17-13-21(9-12-23(17)30-31)32-16-18-14-27-25(28-19-5-3-4-6-19)29-24(18)33(26(32)34)20-7-10-22(35-2)11-8-20/h7-15,19H,3-6,16H2,1-2H3,(H,27,28,29). The third-order valence-electron chi connectivity index (χ3n) is 6.74. The number of anilines is 4. The van der Waals surface area contributed by atoms with Gasteiger partial charge < -0.3 is 10.1 Å². The Balaban J connectivity index is 1.42. The van der Waals surface area contributed by atoms with E-state index in [2.05, 4.69) is 15.4 Å². The van der Waals surface area contributed by atoms with Gasteiger partial charge in [-0.15, -0.1) is 0 Å². The number of rotatable bonds is 5. The number of hydrogen-bond acceptors (Lipinski definition) is 6. The maximum Gasteiger partial charge on any atom is 0.335 e. The van der Waals surface area contributed by atoms with Gasteiger partial charge in [0.25, 0.3) is 0 Å². The summed E-state index contributed by atoms with van der Waals surface area (Å²) in [5, 5.41) is 8.89. The molecule has 0 spiro atoms. The minimum Gasteiger partial charge on any atom is -0.497 e. The average molecular weight is 470 g/mol. The number of fused-ring (bicyclic) bond motifs is 2. The molecular weight excluding hydrogens is 442 g/mol. The highest BCUT2D eigenvalue weighted by Gasteiger charge is 2.34. The van der Waals surface area contributed by atoms with Gasteiger partial charge in [0.15, 0.2) is 5.82 Å². The summed E-state index contributed by atoms with van der Waals surface area (Å²) < 4.78 is 7.10. The topological polar surface area (TPSA) is 88.4 Å². The first-order valence-electron chi connectivity index (χ1n) is 11.9. The lowest BCUT2D eigenvalue weighted by atomic mass is 10.1. The van der Waals surface area contributed by atoms with Crippen LogP contribution in [0.4, 0.5) is 27.9 Å². The number of benzene rings is 2. The van der Waals surface area contributed by atoms with Gasteiger partial charge >= 0.3 is 6.03 Å². The number of urea groups is 1. The monoisotopic (exact) mass is 469 g/mol. The first kappa shape index (κ1) is 21.4. The van der Waals surface area contributed by atoms with E-state index in [0.717, 1.165) is 46.4 Å². The fourth-order valence-corrected chi connectivity index (χ4v) is 4.94. The Bertz CT molecular complexity index is 1390. The van der Waals surface area contributed by atoms with Crippen LogP contribution >= 0.6 is 0 Å². The third-order valence-corrected chi connectivity index (χ3v) is 6.74. The number of aromatic nitrogens is 4. The number of hydrogen-bond donors (Lipinski definition) is 1. The molecule has 0 bridgehead atoms. The van der Waals surface area contributed by atoms with Crippen LogP contribution in [-0.2, 0) is 13.6 Å². The Morgan fingerprint density at radius 1 is 1.06 bits per heavy atom. The van der Waals surface area contributed by atoms with Crippen molar-refractivity contribution in [3.63, 3.8) is 0 Å². The molecule has 35 heavy (non-hydrogen) atoms. The van der Waals surface area contributed by atoms with E-state index in [1.807, 2.05) is 61.9 Å². The van der Waals surface area contributed by atoms with E-state index in [0.29, 0.717) is 24.4 Å². The number of aryl methyl sites for hydroxylation is 1. The number of amides is 2. The molecule has 4 aromatic rings. The molecule has 3 heterocycles. The molecule has 2 aliphatic rings. The zero-order valence-corrected chi connectivity index (χ0v) is 19.8. The largest absolute Gasteiger partial charge is 0.497 e. The van der Waals surface area contributed by atoms with Gasteiger partial charge in [-0.25, -0.2) is 14.7 Å². The molecule has 2 aromatic carbocycles. The first-order chi connectivity index (χ1) is 17.1. The summed E-state index contributed by atoms with van der Waals surface area (Å²) in [5.74, 6) is 1.89. The molecule has 1 saturated carbocycles. The van der Waals surface area contributed by atoms with Crippen molar-refractivity contribution in [2.45, 2.75) is 38.3 Å². The predicted molar refractivity (Wildman–Crippen MR) is 135 cm³/mol. The number of nitrogens with one attached hydrogen (secondary N) is 1. The fourth-order valence-electron chi connectivity index (χ4n) is 4.94. The lowest BCUT2D eigenvalue weighted by Gasteiger charge is -2.36. The van der Waals surface area contributed by atoms with Crippen molar-refractivity contribution in [2.75, 3.05) is 22.2 Å². The second-order valence-corrected chi connectivity index (χ2v) is 9.12. The van der Waals surface area contributed by atoms with Crippen molar-refractivity contribution in [3.05, 3.63) is 60.4 Å². The molecule has 2 aromatic heterocycles. The van der Waals surface area contributed by atoms with Crippen LogP contribution in [0.25, 0.3) is 10.9 Å². The number of carbonyl (C=O) groups is 1. The summed E-state index contributed by atoms with van der Waals surface area (Å²) in [6, 6.07) is 13.5. The molecule has 1 aliphatic carbocycles. The van der Waals surface area contributed by atoms with Gasteiger partial charge in [0.05, 0.1) is 24.9 Å². The van der Waals surface area contributed by atoms with Crippen molar-refractivity contribution >= 4 is 40.1 Å². The lowest BCUT2D eigenvalue weighted by Crippen LogP contribution is -2.45. The Hall–Kier alpha value is -4.14. The number of methoxy groups -OCH3 is 1.